The number of phenolic OH excluding ortho intramolecular Hbond substituents is 2. The van der Waals surface area contributed by atoms with Gasteiger partial charge in [0, 0.05) is 65.9 Å². The molecule has 0 fully saturated rings. The van der Waals surface area contributed by atoms with Crippen molar-refractivity contribution in [2.24, 2.45) is 9.98 Å². The number of rotatable bonds is 10. The molecule has 0 unspecified atom stereocenters. The van der Waals surface area contributed by atoms with Crippen LogP contribution >= 0.6 is 23.5 Å². The first-order valence-corrected chi connectivity index (χ1v) is 14.8. The predicted octanol–water partition coefficient (Wildman–Crippen LogP) is 9.18. The van der Waals surface area contributed by atoms with Crippen LogP contribution in [0.15, 0.2) is 141 Å². The molecule has 2 N–H and O–H groups in total. The molecule has 4 nitrogen and oxygen atoms in total. The van der Waals surface area contributed by atoms with Gasteiger partial charge in [-0.05, 0) is 59.7 Å². The normalized spacial score (nSPS) is 11.1. The fourth-order valence-corrected chi connectivity index (χ4v) is 5.69. The van der Waals surface area contributed by atoms with Gasteiger partial charge in [-0.25, -0.2) is 0 Å². The number of benzene rings is 5. The maximum atomic E-state index is 10.4. The summed E-state index contributed by atoms with van der Waals surface area (Å²) >= 11 is 3.42. The first-order valence-electron chi connectivity index (χ1n) is 12.8. The maximum Gasteiger partial charge on any atom is 0.124 e. The second-order valence-electron chi connectivity index (χ2n) is 8.99. The van der Waals surface area contributed by atoms with E-state index >= 15 is 0 Å². The third-order valence-electron chi connectivity index (χ3n) is 6.06. The Bertz CT molecular complexity index is 1510. The molecule has 5 rings (SSSR count). The summed E-state index contributed by atoms with van der Waals surface area (Å²) in [5.41, 5.74) is 5.09. The number of nitrogens with zero attached hydrogens (tertiary/aromatic N) is 2. The van der Waals surface area contributed by atoms with Crippen molar-refractivity contribution in [3.05, 3.63) is 144 Å². The van der Waals surface area contributed by atoms with E-state index in [0.717, 1.165) is 21.3 Å². The van der Waals surface area contributed by atoms with E-state index in [2.05, 4.69) is 34.3 Å². The summed E-state index contributed by atoms with van der Waals surface area (Å²) < 4.78 is 0. The van der Waals surface area contributed by atoms with Gasteiger partial charge in [0.2, 0.25) is 0 Å². The van der Waals surface area contributed by atoms with Crippen LogP contribution in [0.5, 0.6) is 11.5 Å². The predicted molar refractivity (Wildman–Crippen MR) is 169 cm³/mol. The Morgan fingerprint density at radius 3 is 1.32 bits per heavy atom. The molecule has 0 atom stereocenters. The van der Waals surface area contributed by atoms with Crippen LogP contribution in [-0.4, -0.2) is 22.6 Å². The largest absolute Gasteiger partial charge is 0.507 e. The number of phenols is 2. The fraction of sp³-hybridized carbons (Fsp3) is 0.0588. The Labute approximate surface area is 263 Å². The standard InChI is InChI=1S/C34H28N2O2S2.Pt/c37-33-17-15-29(39-23-25-9-3-1-4-10-25)19-27(33)21-35-31-13-7-8-14-32(31)36-22-28-20-30(16-18-34(28)38)40-24-26-11-5-2-6-12-26;/h1-22,37-38H,23-24H2;. The van der Waals surface area contributed by atoms with Gasteiger partial charge in [-0.1, -0.05) is 72.8 Å². The van der Waals surface area contributed by atoms with Crippen LogP contribution < -0.4 is 0 Å². The molecule has 5 aromatic rings. The average Bonchev–Trinajstić information content (AvgIpc) is 3.00. The van der Waals surface area contributed by atoms with Gasteiger partial charge in [-0.3, -0.25) is 9.98 Å². The van der Waals surface area contributed by atoms with E-state index in [-0.39, 0.29) is 32.6 Å². The zero-order valence-corrected chi connectivity index (χ0v) is 25.9. The summed E-state index contributed by atoms with van der Waals surface area (Å²) in [4.78, 5) is 11.4. The molecule has 0 saturated carbocycles. The summed E-state index contributed by atoms with van der Waals surface area (Å²) in [6, 6.07) is 39.2. The molecule has 7 heteroatoms. The summed E-state index contributed by atoms with van der Waals surface area (Å²) in [6.45, 7) is 0. The Morgan fingerprint density at radius 1 is 0.512 bits per heavy atom. The zero-order valence-electron chi connectivity index (χ0n) is 22.0. The van der Waals surface area contributed by atoms with E-state index < -0.39 is 0 Å². The fourth-order valence-electron chi connectivity index (χ4n) is 3.89. The minimum absolute atomic E-state index is 0. The van der Waals surface area contributed by atoms with Crippen molar-refractivity contribution < 1.29 is 31.3 Å². The van der Waals surface area contributed by atoms with Gasteiger partial charge in [0.1, 0.15) is 11.5 Å². The summed E-state index contributed by atoms with van der Waals surface area (Å²) in [5, 5.41) is 20.9. The molecule has 0 amide bonds. The Balaban J connectivity index is 0.00000387. The van der Waals surface area contributed by atoms with Gasteiger partial charge >= 0.3 is 0 Å². The number of aliphatic imine (C=N–C) groups is 2. The van der Waals surface area contributed by atoms with Gasteiger partial charge in [-0.2, -0.15) is 0 Å². The van der Waals surface area contributed by atoms with Crippen LogP contribution in [0.2, 0.25) is 0 Å². The monoisotopic (exact) mass is 755 g/mol. The minimum atomic E-state index is 0. The van der Waals surface area contributed by atoms with Crippen molar-refractivity contribution in [1.82, 2.24) is 0 Å². The van der Waals surface area contributed by atoms with Gasteiger partial charge in [0.05, 0.1) is 11.4 Å². The number of aromatic hydroxyl groups is 2. The molecule has 0 aliphatic rings. The molecule has 0 aliphatic carbocycles. The second-order valence-corrected chi connectivity index (χ2v) is 11.1. The smallest absolute Gasteiger partial charge is 0.124 e. The number of thioether (sulfide) groups is 2. The van der Waals surface area contributed by atoms with E-state index in [1.807, 2.05) is 84.9 Å². The molecule has 208 valence electrons. The van der Waals surface area contributed by atoms with E-state index in [0.29, 0.717) is 22.5 Å². The van der Waals surface area contributed by atoms with Crippen molar-refractivity contribution in [2.75, 3.05) is 0 Å². The van der Waals surface area contributed by atoms with Crippen LogP contribution in [0.3, 0.4) is 0 Å². The SMILES string of the molecule is Oc1ccc(SCc2ccccc2)cc1C=Nc1ccccc1N=Cc1cc(SCc2ccccc2)ccc1O.[Pt]. The van der Waals surface area contributed by atoms with Crippen molar-refractivity contribution in [3.8, 4) is 11.5 Å². The van der Waals surface area contributed by atoms with Crippen molar-refractivity contribution in [1.29, 1.82) is 0 Å². The van der Waals surface area contributed by atoms with E-state index in [9.17, 15) is 10.2 Å². The van der Waals surface area contributed by atoms with E-state index in [1.165, 1.54) is 11.1 Å². The van der Waals surface area contributed by atoms with Crippen molar-refractivity contribution in [3.63, 3.8) is 0 Å². The molecule has 0 aromatic heterocycles. The molecule has 0 aliphatic heterocycles. The first-order chi connectivity index (χ1) is 19.6. The van der Waals surface area contributed by atoms with Gasteiger partial charge in [0.25, 0.3) is 0 Å². The Kier molecular flexibility index (Phi) is 11.4. The maximum absolute atomic E-state index is 10.4. The van der Waals surface area contributed by atoms with Gasteiger partial charge in [-0.15, -0.1) is 23.5 Å². The van der Waals surface area contributed by atoms with Crippen molar-refractivity contribution >= 4 is 47.3 Å². The Hall–Kier alpha value is -3.57. The molecule has 5 aromatic carbocycles. The van der Waals surface area contributed by atoms with Crippen LogP contribution in [0.25, 0.3) is 0 Å². The first kappa shape index (κ1) is 30.4. The summed E-state index contributed by atoms with van der Waals surface area (Å²) in [5.74, 6) is 2.03. The quantitative estimate of drug-likeness (QED) is 0.110. The summed E-state index contributed by atoms with van der Waals surface area (Å²) in [7, 11) is 0. The Morgan fingerprint density at radius 2 is 0.902 bits per heavy atom. The van der Waals surface area contributed by atoms with Gasteiger partial charge in [0.15, 0.2) is 0 Å². The third-order valence-corrected chi connectivity index (χ3v) is 8.19. The molecular formula is C34H28N2O2PtS2. The van der Waals surface area contributed by atoms with Crippen LogP contribution in [0.1, 0.15) is 22.3 Å². The molecule has 41 heavy (non-hydrogen) atoms. The topological polar surface area (TPSA) is 65.2 Å². The molecule has 0 saturated heterocycles. The molecule has 0 spiro atoms. The van der Waals surface area contributed by atoms with Crippen LogP contribution in [-0.2, 0) is 32.6 Å². The van der Waals surface area contributed by atoms with E-state index in [4.69, 9.17) is 0 Å². The third kappa shape index (κ3) is 8.96. The molecular weight excluding hydrogens is 728 g/mol. The van der Waals surface area contributed by atoms with Crippen LogP contribution in [0.4, 0.5) is 11.4 Å². The van der Waals surface area contributed by atoms with Crippen molar-refractivity contribution in [2.45, 2.75) is 21.3 Å². The number of hydrogen-bond donors (Lipinski definition) is 2. The molecule has 0 bridgehead atoms. The molecule has 0 heterocycles. The second kappa shape index (κ2) is 15.4. The minimum Gasteiger partial charge on any atom is -0.507 e. The average molecular weight is 756 g/mol. The zero-order chi connectivity index (χ0) is 27.6. The van der Waals surface area contributed by atoms with Gasteiger partial charge < -0.3 is 10.2 Å². The number of hydrogen-bond acceptors (Lipinski definition) is 6. The molecule has 0 radical (unpaired) electrons. The van der Waals surface area contributed by atoms with Crippen LogP contribution in [0, 0.1) is 0 Å². The summed E-state index contributed by atoms with van der Waals surface area (Å²) in [6.07, 6.45) is 3.32. The van der Waals surface area contributed by atoms with E-state index in [1.54, 1.807) is 48.1 Å². The number of para-hydroxylation sites is 2.